The van der Waals surface area contributed by atoms with Crippen molar-refractivity contribution in [1.82, 2.24) is 0 Å². The average molecular weight is 324 g/mol. The van der Waals surface area contributed by atoms with E-state index in [4.69, 9.17) is 19.0 Å². The summed E-state index contributed by atoms with van der Waals surface area (Å²) in [5.74, 6) is -0.358. The summed E-state index contributed by atoms with van der Waals surface area (Å²) in [6.07, 6.45) is 9.49. The van der Waals surface area contributed by atoms with Crippen LogP contribution in [0.2, 0.25) is 0 Å². The third-order valence-electron chi connectivity index (χ3n) is 2.71. The van der Waals surface area contributed by atoms with E-state index in [0.29, 0.717) is 13.2 Å². The molecule has 7 heteroatoms. The van der Waals surface area contributed by atoms with Crippen LogP contribution in [-0.4, -0.2) is 29.0 Å². The van der Waals surface area contributed by atoms with Crippen molar-refractivity contribution in [2.45, 2.75) is 51.4 Å². The van der Waals surface area contributed by atoms with Crippen molar-refractivity contribution in [2.24, 2.45) is 0 Å². The number of rotatable bonds is 13. The minimum absolute atomic E-state index is 0.318. The van der Waals surface area contributed by atoms with Gasteiger partial charge in [0.05, 0.1) is 13.2 Å². The third-order valence-corrected chi connectivity index (χ3v) is 3.54. The smallest absolute Gasteiger partial charge is 0.330 e. The Bertz CT molecular complexity index is 316. The van der Waals surface area contributed by atoms with Gasteiger partial charge in [-0.3, -0.25) is 0 Å². The molecule has 0 aliphatic heterocycles. The summed E-state index contributed by atoms with van der Waals surface area (Å²) in [5, 5.41) is 0. The molecule has 0 aliphatic carbocycles. The zero-order valence-electron chi connectivity index (χ0n) is 11.8. The summed E-state index contributed by atoms with van der Waals surface area (Å²) in [6, 6.07) is 0. The highest BCUT2D eigenvalue weighted by Gasteiger charge is 2.06. The van der Waals surface area contributed by atoms with Crippen LogP contribution >= 0.6 is 6.72 Å². The summed E-state index contributed by atoms with van der Waals surface area (Å²) in [5.41, 5.74) is 0. The predicted octanol–water partition coefficient (Wildman–Crippen LogP) is 3.06. The molecule has 0 aromatic heterocycles. The van der Waals surface area contributed by atoms with Gasteiger partial charge in [0.1, 0.15) is 0 Å². The van der Waals surface area contributed by atoms with Crippen LogP contribution in [0.3, 0.4) is 0 Å². The van der Waals surface area contributed by atoms with Crippen LogP contribution in [0.5, 0.6) is 0 Å². The normalized spacial score (nSPS) is 11.3. The molecule has 0 bridgehead atoms. The molecule has 0 aromatic rings. The van der Waals surface area contributed by atoms with Crippen LogP contribution in [0.1, 0.15) is 51.4 Å². The van der Waals surface area contributed by atoms with Gasteiger partial charge in [-0.15, -0.1) is 0 Å². The number of unbranched alkanes of at least 4 members (excludes halogenated alkanes) is 7. The average Bonchev–Trinajstić information content (AvgIpc) is 2.38. The summed E-state index contributed by atoms with van der Waals surface area (Å²) in [4.78, 5) is 28.4. The Hall–Kier alpha value is -0.260. The van der Waals surface area contributed by atoms with Gasteiger partial charge in [-0.1, -0.05) is 45.1 Å². The van der Waals surface area contributed by atoms with Crippen LogP contribution < -0.4 is 0 Å². The number of hydrogen-bond donors (Lipinski definition) is 2. The molecule has 5 nitrogen and oxygen atoms in total. The molecular weight excluding hydrogens is 299 g/mol. The van der Waals surface area contributed by atoms with Gasteiger partial charge in [-0.2, -0.15) is 0 Å². The molecule has 0 fully saturated rings. The summed E-state index contributed by atoms with van der Waals surface area (Å²) >= 11 is 4.34. The summed E-state index contributed by atoms with van der Waals surface area (Å²) in [6.45, 7) is 0.655. The SMILES string of the molecule is C=CC(=O)OCCCCCCCCCCOP(O)(O)=S. The monoisotopic (exact) mass is 324 g/mol. The predicted molar refractivity (Wildman–Crippen MR) is 82.8 cm³/mol. The van der Waals surface area contributed by atoms with Crippen molar-refractivity contribution in [2.75, 3.05) is 13.2 Å². The molecule has 0 atom stereocenters. The fourth-order valence-electron chi connectivity index (χ4n) is 1.68. The molecule has 0 saturated heterocycles. The number of ether oxygens (including phenoxy) is 1. The van der Waals surface area contributed by atoms with Crippen LogP contribution in [-0.2, 0) is 25.9 Å². The Morgan fingerprint density at radius 1 is 1.00 bits per heavy atom. The number of esters is 1. The molecule has 0 saturated carbocycles. The Kier molecular flexibility index (Phi) is 12.3. The minimum atomic E-state index is -3.46. The van der Waals surface area contributed by atoms with E-state index in [2.05, 4.69) is 18.4 Å². The topological polar surface area (TPSA) is 76.0 Å². The van der Waals surface area contributed by atoms with Gasteiger partial charge in [0.2, 0.25) is 0 Å². The largest absolute Gasteiger partial charge is 0.463 e. The number of hydrogen-bond acceptors (Lipinski definition) is 4. The highest BCUT2D eigenvalue weighted by molar-refractivity contribution is 8.06. The maximum Gasteiger partial charge on any atom is 0.330 e. The number of carbonyl (C=O) groups is 1. The molecule has 2 N–H and O–H groups in total. The van der Waals surface area contributed by atoms with E-state index in [0.717, 1.165) is 51.4 Å². The third kappa shape index (κ3) is 15.8. The van der Waals surface area contributed by atoms with Crippen molar-refractivity contribution >= 4 is 24.5 Å². The van der Waals surface area contributed by atoms with Crippen molar-refractivity contribution in [3.63, 3.8) is 0 Å². The van der Waals surface area contributed by atoms with Gasteiger partial charge >= 0.3 is 12.7 Å². The molecule has 0 unspecified atom stereocenters. The summed E-state index contributed by atoms with van der Waals surface area (Å²) in [7, 11) is 0. The zero-order chi connectivity index (χ0) is 15.3. The van der Waals surface area contributed by atoms with Gasteiger partial charge in [0.25, 0.3) is 0 Å². The summed E-state index contributed by atoms with van der Waals surface area (Å²) < 4.78 is 9.59. The lowest BCUT2D eigenvalue weighted by Gasteiger charge is -2.07. The second kappa shape index (κ2) is 12.5. The molecule has 118 valence electrons. The molecule has 20 heavy (non-hydrogen) atoms. The van der Waals surface area contributed by atoms with E-state index < -0.39 is 6.72 Å². The van der Waals surface area contributed by atoms with E-state index >= 15 is 0 Å². The fourth-order valence-corrected chi connectivity index (χ4v) is 2.27. The maximum absolute atomic E-state index is 10.7. The van der Waals surface area contributed by atoms with Crippen molar-refractivity contribution in [1.29, 1.82) is 0 Å². The van der Waals surface area contributed by atoms with Gasteiger partial charge in [-0.25, -0.2) is 4.79 Å². The van der Waals surface area contributed by atoms with E-state index in [9.17, 15) is 4.79 Å². The number of carbonyl (C=O) groups excluding carboxylic acids is 1. The molecule has 0 aromatic carbocycles. The standard InChI is InChI=1S/C13H25O5PS/c1-2-13(14)17-11-9-7-5-3-4-6-8-10-12-18-19(15,16)20/h2H,1,3-12H2,(H2,15,16,20). The molecule has 0 amide bonds. The van der Waals surface area contributed by atoms with E-state index in [1.54, 1.807) is 0 Å². The van der Waals surface area contributed by atoms with Gasteiger partial charge in [0.15, 0.2) is 0 Å². The Balaban J connectivity index is 3.12. The molecule has 0 heterocycles. The first-order valence-electron chi connectivity index (χ1n) is 6.95. The van der Waals surface area contributed by atoms with Crippen molar-refractivity contribution in [3.05, 3.63) is 12.7 Å². The molecular formula is C13H25O5PS. The van der Waals surface area contributed by atoms with E-state index in [1.165, 1.54) is 6.08 Å². The zero-order valence-corrected chi connectivity index (χ0v) is 13.5. The second-order valence-corrected chi connectivity index (χ2v) is 7.19. The van der Waals surface area contributed by atoms with Crippen LogP contribution in [0.4, 0.5) is 0 Å². The molecule has 0 aliphatic rings. The highest BCUT2D eigenvalue weighted by Crippen LogP contribution is 2.36. The lowest BCUT2D eigenvalue weighted by atomic mass is 10.1. The van der Waals surface area contributed by atoms with Crippen molar-refractivity contribution in [3.8, 4) is 0 Å². The highest BCUT2D eigenvalue weighted by atomic mass is 32.5. The Morgan fingerprint density at radius 2 is 1.45 bits per heavy atom. The second-order valence-electron chi connectivity index (χ2n) is 4.52. The van der Waals surface area contributed by atoms with Crippen LogP contribution in [0, 0.1) is 0 Å². The van der Waals surface area contributed by atoms with E-state index in [-0.39, 0.29) is 5.97 Å². The fraction of sp³-hybridized carbons (Fsp3) is 0.769. The molecule has 0 spiro atoms. The van der Waals surface area contributed by atoms with Crippen LogP contribution in [0.15, 0.2) is 12.7 Å². The van der Waals surface area contributed by atoms with Gasteiger partial charge in [0, 0.05) is 6.08 Å². The Morgan fingerprint density at radius 3 is 1.90 bits per heavy atom. The van der Waals surface area contributed by atoms with E-state index in [1.807, 2.05) is 0 Å². The van der Waals surface area contributed by atoms with Crippen molar-refractivity contribution < 1.29 is 23.8 Å². The first-order chi connectivity index (χ1) is 9.45. The first kappa shape index (κ1) is 19.7. The Labute approximate surface area is 126 Å². The lowest BCUT2D eigenvalue weighted by Crippen LogP contribution is -2.01. The lowest BCUT2D eigenvalue weighted by molar-refractivity contribution is -0.137. The van der Waals surface area contributed by atoms with Gasteiger partial charge < -0.3 is 19.0 Å². The molecule has 0 radical (unpaired) electrons. The maximum atomic E-state index is 10.7. The first-order valence-corrected chi connectivity index (χ1v) is 9.57. The van der Waals surface area contributed by atoms with Crippen LogP contribution in [0.25, 0.3) is 0 Å². The quantitative estimate of drug-likeness (QED) is 0.235. The minimum Gasteiger partial charge on any atom is -0.463 e. The van der Waals surface area contributed by atoms with Gasteiger partial charge in [-0.05, 0) is 24.6 Å². The molecule has 0 rings (SSSR count).